The first-order valence-electron chi connectivity index (χ1n) is 12.4. The smallest absolute Gasteiger partial charge is 0.192 e. The van der Waals surface area contributed by atoms with Crippen molar-refractivity contribution in [3.63, 3.8) is 0 Å². The van der Waals surface area contributed by atoms with Crippen LogP contribution in [-0.4, -0.2) is 72.5 Å². The maximum atomic E-state index is 11.5. The van der Waals surface area contributed by atoms with Crippen LogP contribution in [-0.2, 0) is 18.0 Å². The normalized spacial score (nSPS) is 28.8. The van der Waals surface area contributed by atoms with E-state index in [0.717, 1.165) is 0 Å². The molecule has 0 aromatic heterocycles. The third-order valence-electron chi connectivity index (χ3n) is 8.52. The number of ether oxygens (including phenoxy) is 1. The second-order valence-corrected chi connectivity index (χ2v) is 28.6. The Morgan fingerprint density at radius 3 is 1.36 bits per heavy atom. The monoisotopic (exact) mass is 522 g/mol. The van der Waals surface area contributed by atoms with Crippen LogP contribution in [0.4, 0.5) is 0 Å². The Balaban J connectivity index is 3.27. The molecule has 198 valence electrons. The second kappa shape index (κ2) is 10.0. The van der Waals surface area contributed by atoms with Crippen LogP contribution in [0.1, 0.15) is 62.3 Å². The van der Waals surface area contributed by atoms with Crippen LogP contribution in [0, 0.1) is 0 Å². The number of aliphatic hydroxyl groups excluding tert-OH is 2. The molecule has 33 heavy (non-hydrogen) atoms. The molecule has 1 heterocycles. The summed E-state index contributed by atoms with van der Waals surface area (Å²) < 4.78 is 25.7. The minimum absolute atomic E-state index is 0.0383. The molecule has 0 bridgehead atoms. The summed E-state index contributed by atoms with van der Waals surface area (Å²) in [7, 11) is -6.56. The first-order valence-corrected chi connectivity index (χ1v) is 21.1. The molecule has 1 aliphatic heterocycles. The highest BCUT2D eigenvalue weighted by Gasteiger charge is 2.53. The van der Waals surface area contributed by atoms with E-state index in [4.69, 9.17) is 18.0 Å². The Bertz CT molecular complexity index is 644. The van der Waals surface area contributed by atoms with Gasteiger partial charge in [0, 0.05) is 0 Å². The van der Waals surface area contributed by atoms with Crippen molar-refractivity contribution in [3.8, 4) is 0 Å². The molecule has 0 saturated carbocycles. The third kappa shape index (κ3) is 7.45. The zero-order valence-electron chi connectivity index (χ0n) is 24.1. The van der Waals surface area contributed by atoms with Crippen LogP contribution in [0.3, 0.4) is 0 Å². The van der Waals surface area contributed by atoms with Gasteiger partial charge in [-0.25, -0.2) is 0 Å². The topological polar surface area (TPSA) is 77.4 Å². The summed E-state index contributed by atoms with van der Waals surface area (Å²) in [5.74, 6) is 0. The summed E-state index contributed by atoms with van der Waals surface area (Å²) in [6.45, 7) is 32.7. The van der Waals surface area contributed by atoms with Crippen LogP contribution in [0.2, 0.25) is 54.4 Å². The number of hydrogen-bond donors (Lipinski definition) is 2. The van der Waals surface area contributed by atoms with Crippen molar-refractivity contribution in [1.29, 1.82) is 0 Å². The van der Waals surface area contributed by atoms with E-state index >= 15 is 0 Å². The molecular formula is C24H54O6Si3. The van der Waals surface area contributed by atoms with E-state index in [9.17, 15) is 10.2 Å². The van der Waals surface area contributed by atoms with E-state index in [1.54, 1.807) is 0 Å². The van der Waals surface area contributed by atoms with E-state index in [2.05, 4.69) is 102 Å². The molecule has 0 spiro atoms. The lowest BCUT2D eigenvalue weighted by Gasteiger charge is -2.50. The average molecular weight is 523 g/mol. The van der Waals surface area contributed by atoms with Crippen LogP contribution in [0.25, 0.3) is 0 Å². The molecule has 0 unspecified atom stereocenters. The number of hydrogen-bond acceptors (Lipinski definition) is 6. The predicted molar refractivity (Wildman–Crippen MR) is 144 cm³/mol. The Kier molecular flexibility index (Phi) is 9.57. The quantitative estimate of drug-likeness (QED) is 0.407. The molecule has 9 heteroatoms. The van der Waals surface area contributed by atoms with Crippen molar-refractivity contribution in [2.75, 3.05) is 6.61 Å². The van der Waals surface area contributed by atoms with Crippen molar-refractivity contribution in [2.24, 2.45) is 0 Å². The van der Waals surface area contributed by atoms with Crippen LogP contribution >= 0.6 is 0 Å². The average Bonchev–Trinajstić information content (AvgIpc) is 2.56. The SMILES string of the molecule is CC(C)(C)[Si](C)(C)OC[C@@H]1O[C@H](O)[C@H](O[Si](C)(C)C(C)(C)C)[C@@H](O)[C@H]1O[Si](C)(C)C(C)(C)C. The summed E-state index contributed by atoms with van der Waals surface area (Å²) in [4.78, 5) is 0. The Labute approximate surface area is 207 Å². The Morgan fingerprint density at radius 1 is 0.636 bits per heavy atom. The van der Waals surface area contributed by atoms with Gasteiger partial charge in [0.25, 0.3) is 0 Å². The summed E-state index contributed by atoms with van der Waals surface area (Å²) >= 11 is 0. The van der Waals surface area contributed by atoms with Crippen LogP contribution in [0.5, 0.6) is 0 Å². The van der Waals surface area contributed by atoms with Gasteiger partial charge >= 0.3 is 0 Å². The van der Waals surface area contributed by atoms with Gasteiger partial charge in [0.1, 0.15) is 24.4 Å². The molecular weight excluding hydrogens is 469 g/mol. The molecule has 1 saturated heterocycles. The van der Waals surface area contributed by atoms with Crippen molar-refractivity contribution >= 4 is 25.0 Å². The molecule has 0 amide bonds. The van der Waals surface area contributed by atoms with Gasteiger partial charge in [0.15, 0.2) is 31.2 Å². The molecule has 1 aliphatic rings. The molecule has 5 atom stereocenters. The standard InChI is InChI=1S/C24H54O6Si3/c1-22(2,3)31(10,11)27-16-17-19(29-32(12,13)23(4,5)6)18(25)20(21(26)28-17)30-33(14,15)24(7,8)9/h17-21,25-26H,16H2,1-15H3/t17-,18-,19-,20+,21-/m0/s1. The summed E-state index contributed by atoms with van der Waals surface area (Å²) in [5, 5.41) is 22.4. The largest absolute Gasteiger partial charge is 0.414 e. The van der Waals surface area contributed by atoms with Crippen molar-refractivity contribution in [1.82, 2.24) is 0 Å². The number of aliphatic hydroxyl groups is 2. The predicted octanol–water partition coefficient (Wildman–Crippen LogP) is 5.87. The van der Waals surface area contributed by atoms with E-state index < -0.39 is 55.7 Å². The summed E-state index contributed by atoms with van der Waals surface area (Å²) in [6.07, 6.45) is -4.30. The lowest BCUT2D eigenvalue weighted by atomic mass is 9.99. The van der Waals surface area contributed by atoms with E-state index in [1.165, 1.54) is 0 Å². The Hall–Kier alpha value is 0.411. The molecule has 6 nitrogen and oxygen atoms in total. The zero-order chi connectivity index (χ0) is 26.4. The highest BCUT2D eigenvalue weighted by molar-refractivity contribution is 6.75. The van der Waals surface area contributed by atoms with Crippen LogP contribution < -0.4 is 0 Å². The summed E-state index contributed by atoms with van der Waals surface area (Å²) in [5.41, 5.74) is 0. The molecule has 2 N–H and O–H groups in total. The van der Waals surface area contributed by atoms with E-state index in [1.807, 2.05) is 0 Å². The lowest BCUT2D eigenvalue weighted by Crippen LogP contribution is -2.65. The lowest BCUT2D eigenvalue weighted by molar-refractivity contribution is -0.279. The van der Waals surface area contributed by atoms with Crippen LogP contribution in [0.15, 0.2) is 0 Å². The fourth-order valence-electron chi connectivity index (χ4n) is 2.86. The summed E-state index contributed by atoms with van der Waals surface area (Å²) in [6, 6.07) is 0. The van der Waals surface area contributed by atoms with Crippen molar-refractivity contribution in [3.05, 3.63) is 0 Å². The van der Waals surface area contributed by atoms with Gasteiger partial charge in [-0.1, -0.05) is 62.3 Å². The molecule has 0 aromatic carbocycles. The number of rotatable bonds is 7. The maximum absolute atomic E-state index is 11.5. The van der Waals surface area contributed by atoms with Gasteiger partial charge in [-0.05, 0) is 54.4 Å². The Morgan fingerprint density at radius 2 is 1.00 bits per heavy atom. The van der Waals surface area contributed by atoms with Gasteiger partial charge in [-0.15, -0.1) is 0 Å². The molecule has 1 rings (SSSR count). The zero-order valence-corrected chi connectivity index (χ0v) is 27.1. The van der Waals surface area contributed by atoms with E-state index in [-0.39, 0.29) is 21.7 Å². The highest BCUT2D eigenvalue weighted by Crippen LogP contribution is 2.43. The van der Waals surface area contributed by atoms with Gasteiger partial charge in [-0.2, -0.15) is 0 Å². The first-order chi connectivity index (χ1) is 14.3. The third-order valence-corrected chi connectivity index (χ3v) is 22.0. The molecule has 0 radical (unpaired) electrons. The van der Waals surface area contributed by atoms with Gasteiger partial charge in [0.2, 0.25) is 0 Å². The molecule has 1 fully saturated rings. The van der Waals surface area contributed by atoms with E-state index in [0.29, 0.717) is 0 Å². The highest BCUT2D eigenvalue weighted by atomic mass is 28.4. The second-order valence-electron chi connectivity index (χ2n) is 14.3. The van der Waals surface area contributed by atoms with Gasteiger partial charge < -0.3 is 28.2 Å². The fraction of sp³-hybridized carbons (Fsp3) is 1.00. The van der Waals surface area contributed by atoms with Crippen molar-refractivity contribution < 1.29 is 28.2 Å². The fourth-order valence-corrected chi connectivity index (χ4v) is 6.49. The molecule has 0 aliphatic carbocycles. The minimum atomic E-state index is -2.26. The van der Waals surface area contributed by atoms with Gasteiger partial charge in [-0.3, -0.25) is 0 Å². The minimum Gasteiger partial charge on any atom is -0.414 e. The van der Waals surface area contributed by atoms with Gasteiger partial charge in [0.05, 0.1) is 6.61 Å². The molecule has 0 aromatic rings. The first kappa shape index (κ1) is 31.4. The maximum Gasteiger partial charge on any atom is 0.192 e. The van der Waals surface area contributed by atoms with Crippen molar-refractivity contribution in [2.45, 2.75) is 147 Å².